The monoisotopic (exact) mass is 375 g/mol. The van der Waals surface area contributed by atoms with Gasteiger partial charge in [-0.05, 0) is 50.3 Å². The summed E-state index contributed by atoms with van der Waals surface area (Å²) < 4.78 is 6.71. The van der Waals surface area contributed by atoms with E-state index < -0.39 is 0 Å². The minimum Gasteiger partial charge on any atom is -0.469 e. The Morgan fingerprint density at radius 1 is 1.27 bits per heavy atom. The highest BCUT2D eigenvalue weighted by Crippen LogP contribution is 2.40. The fraction of sp³-hybridized carbons (Fsp3) is 0.474. The number of amides is 2. The molecule has 0 bridgehead atoms. The lowest BCUT2D eigenvalue weighted by molar-refractivity contribution is -0.140. The molecule has 6 nitrogen and oxygen atoms in total. The fourth-order valence-electron chi connectivity index (χ4n) is 3.38. The summed E-state index contributed by atoms with van der Waals surface area (Å²) in [5, 5.41) is 6.92. The third kappa shape index (κ3) is 4.09. The molecular formula is C19H25N3O3S. The maximum Gasteiger partial charge on any atom is 0.315 e. The molecule has 1 atom stereocenters. The van der Waals surface area contributed by atoms with Gasteiger partial charge in [0.05, 0.1) is 19.6 Å². The predicted molar refractivity (Wildman–Crippen MR) is 102 cm³/mol. The molecule has 140 valence electrons. The van der Waals surface area contributed by atoms with E-state index in [1.54, 1.807) is 0 Å². The van der Waals surface area contributed by atoms with E-state index in [0.29, 0.717) is 0 Å². The molecule has 0 fully saturated rings. The number of fused-ring (bicyclic) bond motifs is 1. The zero-order valence-corrected chi connectivity index (χ0v) is 16.0. The molecule has 0 aromatic carbocycles. The number of esters is 1. The van der Waals surface area contributed by atoms with Crippen LogP contribution in [0, 0.1) is 0 Å². The Bertz CT molecular complexity index is 767. The maximum atomic E-state index is 12.2. The molecule has 2 aromatic rings. The second-order valence-corrected chi connectivity index (χ2v) is 7.55. The van der Waals surface area contributed by atoms with Crippen LogP contribution in [0.1, 0.15) is 48.2 Å². The molecule has 0 unspecified atom stereocenters. The topological polar surface area (TPSA) is 72.4 Å². The van der Waals surface area contributed by atoms with Gasteiger partial charge in [0.1, 0.15) is 5.00 Å². The molecule has 0 saturated heterocycles. The van der Waals surface area contributed by atoms with Crippen LogP contribution in [0.3, 0.4) is 0 Å². The molecule has 1 aliphatic rings. The maximum absolute atomic E-state index is 12.2. The number of hydrogen-bond acceptors (Lipinski definition) is 4. The van der Waals surface area contributed by atoms with Crippen molar-refractivity contribution in [2.45, 2.75) is 45.1 Å². The quantitative estimate of drug-likeness (QED) is 0.761. The van der Waals surface area contributed by atoms with Crippen LogP contribution in [0.15, 0.2) is 24.5 Å². The van der Waals surface area contributed by atoms with Gasteiger partial charge < -0.3 is 19.9 Å². The van der Waals surface area contributed by atoms with Gasteiger partial charge in [-0.2, -0.15) is 0 Å². The number of rotatable bonds is 6. The van der Waals surface area contributed by atoms with E-state index in [1.807, 2.05) is 42.8 Å². The van der Waals surface area contributed by atoms with Gasteiger partial charge in [0, 0.05) is 29.4 Å². The van der Waals surface area contributed by atoms with Crippen molar-refractivity contribution < 1.29 is 14.3 Å². The van der Waals surface area contributed by atoms with Gasteiger partial charge in [-0.15, -0.1) is 11.3 Å². The lowest BCUT2D eigenvalue weighted by atomic mass is 9.93. The Hall–Kier alpha value is -2.28. The third-order valence-corrected chi connectivity index (χ3v) is 5.98. The van der Waals surface area contributed by atoms with Crippen LogP contribution >= 0.6 is 11.3 Å². The summed E-state index contributed by atoms with van der Waals surface area (Å²) in [6, 6.07) is 3.65. The van der Waals surface area contributed by atoms with Crippen LogP contribution in [-0.2, 0) is 22.4 Å². The minimum atomic E-state index is -0.333. The minimum absolute atomic E-state index is 0.108. The van der Waals surface area contributed by atoms with Crippen LogP contribution in [0.5, 0.6) is 0 Å². The van der Waals surface area contributed by atoms with Gasteiger partial charge in [0.2, 0.25) is 0 Å². The van der Waals surface area contributed by atoms with Gasteiger partial charge in [-0.1, -0.05) is 0 Å². The standard InChI is InChI=1S/C19H25N3O3S/c1-13(21-19(24)20-10-9-16(23)25-2)17-14-7-3-4-8-15(14)26-18(17)22-11-5-6-12-22/h5-6,11-13H,3-4,7-10H2,1-2H3,(H2,20,21,24)/t13-/m1/s1. The highest BCUT2D eigenvalue weighted by molar-refractivity contribution is 7.15. The van der Waals surface area contributed by atoms with Crippen LogP contribution in [0.2, 0.25) is 0 Å². The number of urea groups is 1. The lowest BCUT2D eigenvalue weighted by Crippen LogP contribution is -2.38. The average molecular weight is 375 g/mol. The van der Waals surface area contributed by atoms with Crippen molar-refractivity contribution in [2.24, 2.45) is 0 Å². The number of hydrogen-bond donors (Lipinski definition) is 2. The predicted octanol–water partition coefficient (Wildman–Crippen LogP) is 3.34. The molecule has 2 N–H and O–H groups in total. The molecule has 7 heteroatoms. The van der Waals surface area contributed by atoms with Crippen molar-refractivity contribution in [3.8, 4) is 5.00 Å². The van der Waals surface area contributed by atoms with E-state index in [1.165, 1.54) is 41.0 Å². The van der Waals surface area contributed by atoms with Gasteiger partial charge in [0.15, 0.2) is 0 Å². The number of ether oxygens (including phenoxy) is 1. The van der Waals surface area contributed by atoms with Crippen LogP contribution < -0.4 is 10.6 Å². The number of carbonyl (C=O) groups is 2. The number of methoxy groups -OCH3 is 1. The third-order valence-electron chi connectivity index (χ3n) is 4.65. The van der Waals surface area contributed by atoms with Crippen molar-refractivity contribution in [1.29, 1.82) is 0 Å². The average Bonchev–Trinajstić information content (AvgIpc) is 3.28. The largest absolute Gasteiger partial charge is 0.469 e. The zero-order valence-electron chi connectivity index (χ0n) is 15.2. The normalized spacial score (nSPS) is 14.4. The summed E-state index contributed by atoms with van der Waals surface area (Å²) in [5.74, 6) is -0.333. The SMILES string of the molecule is COC(=O)CCNC(=O)N[C@H](C)c1c(-n2cccc2)sc2c1CCCC2. The number of aryl methyl sites for hydroxylation is 1. The van der Waals surface area contributed by atoms with E-state index in [4.69, 9.17) is 0 Å². The number of nitrogens with one attached hydrogen (secondary N) is 2. The Balaban J connectivity index is 1.74. The van der Waals surface area contributed by atoms with Gasteiger partial charge in [-0.25, -0.2) is 4.79 Å². The van der Waals surface area contributed by atoms with Crippen molar-refractivity contribution in [3.63, 3.8) is 0 Å². The first-order valence-electron chi connectivity index (χ1n) is 8.99. The van der Waals surface area contributed by atoms with Gasteiger partial charge in [0.25, 0.3) is 0 Å². The first kappa shape index (κ1) is 18.5. The van der Waals surface area contributed by atoms with Crippen molar-refractivity contribution >= 4 is 23.3 Å². The number of carbonyl (C=O) groups excluding carboxylic acids is 2. The molecule has 0 saturated carbocycles. The highest BCUT2D eigenvalue weighted by Gasteiger charge is 2.25. The van der Waals surface area contributed by atoms with E-state index in [2.05, 4.69) is 19.9 Å². The summed E-state index contributed by atoms with van der Waals surface area (Å²) in [4.78, 5) is 24.8. The molecule has 3 rings (SSSR count). The molecule has 2 heterocycles. The van der Waals surface area contributed by atoms with Crippen LogP contribution in [0.25, 0.3) is 5.00 Å². The smallest absolute Gasteiger partial charge is 0.315 e. The first-order valence-corrected chi connectivity index (χ1v) is 9.80. The fourth-order valence-corrected chi connectivity index (χ4v) is 4.84. The highest BCUT2D eigenvalue weighted by atomic mass is 32.1. The van der Waals surface area contributed by atoms with Gasteiger partial charge >= 0.3 is 12.0 Å². The molecule has 0 radical (unpaired) electrons. The number of nitrogens with zero attached hydrogens (tertiary/aromatic N) is 1. The molecular weight excluding hydrogens is 350 g/mol. The Morgan fingerprint density at radius 2 is 2.00 bits per heavy atom. The van der Waals surface area contributed by atoms with Crippen molar-refractivity contribution in [1.82, 2.24) is 15.2 Å². The molecule has 0 aliphatic heterocycles. The van der Waals surface area contributed by atoms with E-state index >= 15 is 0 Å². The van der Waals surface area contributed by atoms with Gasteiger partial charge in [-0.3, -0.25) is 4.79 Å². The Kier molecular flexibility index (Phi) is 5.98. The van der Waals surface area contributed by atoms with Crippen LogP contribution in [-0.4, -0.2) is 30.2 Å². The number of aromatic nitrogens is 1. The van der Waals surface area contributed by atoms with Crippen molar-refractivity contribution in [3.05, 3.63) is 40.5 Å². The zero-order chi connectivity index (χ0) is 18.5. The second kappa shape index (κ2) is 8.40. The Morgan fingerprint density at radius 3 is 2.73 bits per heavy atom. The summed E-state index contributed by atoms with van der Waals surface area (Å²) in [5.41, 5.74) is 2.61. The molecule has 26 heavy (non-hydrogen) atoms. The Labute approximate surface area is 157 Å². The van der Waals surface area contributed by atoms with Crippen molar-refractivity contribution in [2.75, 3.05) is 13.7 Å². The lowest BCUT2D eigenvalue weighted by Gasteiger charge is -2.20. The van der Waals surface area contributed by atoms with E-state index in [0.717, 1.165) is 12.8 Å². The molecule has 1 aliphatic carbocycles. The van der Waals surface area contributed by atoms with E-state index in [-0.39, 0.29) is 31.0 Å². The molecule has 2 amide bonds. The van der Waals surface area contributed by atoms with Crippen LogP contribution in [0.4, 0.5) is 4.79 Å². The summed E-state index contributed by atoms with van der Waals surface area (Å²) in [7, 11) is 1.34. The number of thiophene rings is 1. The molecule has 2 aromatic heterocycles. The first-order chi connectivity index (χ1) is 12.6. The second-order valence-electron chi connectivity index (χ2n) is 6.47. The summed E-state index contributed by atoms with van der Waals surface area (Å²) >= 11 is 1.83. The van der Waals surface area contributed by atoms with E-state index in [9.17, 15) is 9.59 Å². The summed E-state index contributed by atoms with van der Waals surface area (Å²) in [6.07, 6.45) is 8.87. The molecule has 0 spiro atoms. The summed E-state index contributed by atoms with van der Waals surface area (Å²) in [6.45, 7) is 2.28.